The minimum atomic E-state index is 0.275. The number of hydrogen-bond acceptors (Lipinski definition) is 2. The monoisotopic (exact) mass is 126 g/mol. The summed E-state index contributed by atoms with van der Waals surface area (Å²) in [5, 5.41) is 3.14. The molecule has 9 heavy (non-hydrogen) atoms. The van der Waals surface area contributed by atoms with E-state index in [0.29, 0.717) is 12.7 Å². The molecule has 1 unspecified atom stereocenters. The number of hydrogen-bond donors (Lipinski definition) is 1. The first-order valence-electron chi connectivity index (χ1n) is 3.41. The van der Waals surface area contributed by atoms with Crippen molar-refractivity contribution in [2.45, 2.75) is 19.0 Å². The first kappa shape index (κ1) is 5.23. The second-order valence-corrected chi connectivity index (χ2v) is 2.63. The quantitative estimate of drug-likeness (QED) is 0.476. The van der Waals surface area contributed by atoms with Crippen molar-refractivity contribution >= 4 is 5.91 Å². The Kier molecular flexibility index (Phi) is 0.990. The molecule has 1 atom stereocenters. The molecular weight excluding hydrogens is 116 g/mol. The van der Waals surface area contributed by atoms with Crippen LogP contribution in [0.25, 0.3) is 0 Å². The van der Waals surface area contributed by atoms with Gasteiger partial charge in [0.1, 0.15) is 0 Å². The normalized spacial score (nSPS) is 33.6. The lowest BCUT2D eigenvalue weighted by molar-refractivity contribution is -0.126. The molecule has 2 fully saturated rings. The topological polar surface area (TPSA) is 32.3 Å². The van der Waals surface area contributed by atoms with Gasteiger partial charge in [-0.25, -0.2) is 0 Å². The first-order chi connectivity index (χ1) is 4.38. The maximum absolute atomic E-state index is 10.9. The molecule has 2 heterocycles. The van der Waals surface area contributed by atoms with Crippen LogP contribution in [0.2, 0.25) is 0 Å². The Labute approximate surface area is 54.0 Å². The molecular formula is C6H10N2O. The highest BCUT2D eigenvalue weighted by Gasteiger charge is 2.33. The van der Waals surface area contributed by atoms with Crippen molar-refractivity contribution in [2.75, 3.05) is 13.1 Å². The molecule has 0 saturated carbocycles. The molecule has 0 aromatic heterocycles. The maximum atomic E-state index is 10.9. The zero-order valence-electron chi connectivity index (χ0n) is 5.26. The van der Waals surface area contributed by atoms with Crippen molar-refractivity contribution in [3.63, 3.8) is 0 Å². The minimum Gasteiger partial charge on any atom is -0.326 e. The van der Waals surface area contributed by atoms with E-state index in [1.807, 2.05) is 4.90 Å². The molecule has 50 valence electrons. The predicted octanol–water partition coefficient (Wildman–Crippen LogP) is -0.462. The van der Waals surface area contributed by atoms with Gasteiger partial charge in [-0.3, -0.25) is 10.1 Å². The average molecular weight is 126 g/mol. The van der Waals surface area contributed by atoms with E-state index >= 15 is 0 Å². The average Bonchev–Trinajstić information content (AvgIpc) is 2.35. The fraction of sp³-hybridized carbons (Fsp3) is 0.833. The molecule has 3 nitrogen and oxygen atoms in total. The number of nitrogens with one attached hydrogen (secondary N) is 1. The minimum absolute atomic E-state index is 0.275. The molecule has 0 bridgehead atoms. The summed E-state index contributed by atoms with van der Waals surface area (Å²) in [6, 6.07) is 0. The molecule has 0 aromatic carbocycles. The molecule has 0 spiro atoms. The van der Waals surface area contributed by atoms with Crippen LogP contribution in [0.5, 0.6) is 0 Å². The van der Waals surface area contributed by atoms with Crippen molar-refractivity contribution in [3.05, 3.63) is 0 Å². The van der Waals surface area contributed by atoms with Crippen LogP contribution >= 0.6 is 0 Å². The van der Waals surface area contributed by atoms with Crippen LogP contribution in [0, 0.1) is 0 Å². The SMILES string of the molecule is O=C1CNC2CCCN12. The second kappa shape index (κ2) is 1.70. The molecule has 0 aromatic rings. The molecule has 1 amide bonds. The van der Waals surface area contributed by atoms with E-state index < -0.39 is 0 Å². The third-order valence-electron chi connectivity index (χ3n) is 2.06. The Hall–Kier alpha value is -0.570. The third-order valence-corrected chi connectivity index (χ3v) is 2.06. The van der Waals surface area contributed by atoms with Crippen LogP contribution in [0.15, 0.2) is 0 Å². The van der Waals surface area contributed by atoms with Crippen LogP contribution in [0.4, 0.5) is 0 Å². The highest BCUT2D eigenvalue weighted by molar-refractivity contribution is 5.80. The molecule has 2 aliphatic heterocycles. The Morgan fingerprint density at radius 2 is 2.56 bits per heavy atom. The lowest BCUT2D eigenvalue weighted by atomic mass is 10.3. The number of carbonyl (C=O) groups is 1. The lowest BCUT2D eigenvalue weighted by Crippen LogP contribution is -2.30. The first-order valence-corrected chi connectivity index (χ1v) is 3.41. The van der Waals surface area contributed by atoms with Gasteiger partial charge in [-0.15, -0.1) is 0 Å². The van der Waals surface area contributed by atoms with Crippen molar-refractivity contribution in [1.82, 2.24) is 10.2 Å². The van der Waals surface area contributed by atoms with Crippen LogP contribution in [0.1, 0.15) is 12.8 Å². The standard InChI is InChI=1S/C6H10N2O/c9-6-4-7-5-2-1-3-8(5)6/h5,7H,1-4H2. The van der Waals surface area contributed by atoms with Gasteiger partial charge in [0.25, 0.3) is 0 Å². The fourth-order valence-electron chi connectivity index (χ4n) is 1.58. The molecule has 1 N–H and O–H groups in total. The van der Waals surface area contributed by atoms with Gasteiger partial charge in [-0.05, 0) is 12.8 Å². The smallest absolute Gasteiger partial charge is 0.237 e. The highest BCUT2D eigenvalue weighted by Crippen LogP contribution is 2.18. The molecule has 2 rings (SSSR count). The number of carbonyl (C=O) groups excluding carboxylic acids is 1. The van der Waals surface area contributed by atoms with Gasteiger partial charge >= 0.3 is 0 Å². The summed E-state index contributed by atoms with van der Waals surface area (Å²) >= 11 is 0. The third kappa shape index (κ3) is 0.645. The van der Waals surface area contributed by atoms with Crippen molar-refractivity contribution in [1.29, 1.82) is 0 Å². The fourth-order valence-corrected chi connectivity index (χ4v) is 1.58. The van der Waals surface area contributed by atoms with Gasteiger partial charge in [0.2, 0.25) is 5.91 Å². The molecule has 2 saturated heterocycles. The largest absolute Gasteiger partial charge is 0.326 e. The van der Waals surface area contributed by atoms with Crippen molar-refractivity contribution < 1.29 is 4.79 Å². The molecule has 0 aliphatic carbocycles. The van der Waals surface area contributed by atoms with E-state index in [0.717, 1.165) is 13.0 Å². The molecule has 0 radical (unpaired) electrons. The summed E-state index contributed by atoms with van der Waals surface area (Å²) in [5.41, 5.74) is 0. The molecule has 2 aliphatic rings. The van der Waals surface area contributed by atoms with Gasteiger partial charge < -0.3 is 4.90 Å². The summed E-state index contributed by atoms with van der Waals surface area (Å²) in [4.78, 5) is 12.8. The Morgan fingerprint density at radius 3 is 3.33 bits per heavy atom. The Morgan fingerprint density at radius 1 is 1.67 bits per heavy atom. The van der Waals surface area contributed by atoms with Crippen molar-refractivity contribution in [2.24, 2.45) is 0 Å². The number of rotatable bonds is 0. The zero-order chi connectivity index (χ0) is 6.27. The predicted molar refractivity (Wildman–Crippen MR) is 32.7 cm³/mol. The summed E-state index contributed by atoms with van der Waals surface area (Å²) < 4.78 is 0. The highest BCUT2D eigenvalue weighted by atomic mass is 16.2. The van der Waals surface area contributed by atoms with Gasteiger partial charge in [-0.1, -0.05) is 0 Å². The van der Waals surface area contributed by atoms with Gasteiger partial charge in [0.15, 0.2) is 0 Å². The number of nitrogens with zero attached hydrogens (tertiary/aromatic N) is 1. The summed E-state index contributed by atoms with van der Waals surface area (Å²) in [6.45, 7) is 1.53. The van der Waals surface area contributed by atoms with Gasteiger partial charge in [0.05, 0.1) is 12.7 Å². The summed E-state index contributed by atoms with van der Waals surface area (Å²) in [6.07, 6.45) is 2.70. The Bertz CT molecular complexity index is 146. The Balaban J connectivity index is 2.15. The zero-order valence-corrected chi connectivity index (χ0v) is 5.26. The van der Waals surface area contributed by atoms with E-state index in [1.54, 1.807) is 0 Å². The number of amides is 1. The second-order valence-electron chi connectivity index (χ2n) is 2.63. The van der Waals surface area contributed by atoms with E-state index in [4.69, 9.17) is 0 Å². The summed E-state index contributed by atoms with van der Waals surface area (Å²) in [7, 11) is 0. The lowest BCUT2D eigenvalue weighted by Gasteiger charge is -2.12. The van der Waals surface area contributed by atoms with Crippen LogP contribution in [-0.4, -0.2) is 30.1 Å². The summed E-state index contributed by atoms with van der Waals surface area (Å²) in [5.74, 6) is 0.275. The van der Waals surface area contributed by atoms with Crippen LogP contribution in [-0.2, 0) is 4.79 Å². The van der Waals surface area contributed by atoms with E-state index in [1.165, 1.54) is 6.42 Å². The van der Waals surface area contributed by atoms with E-state index in [2.05, 4.69) is 5.32 Å². The molecule has 3 heteroatoms. The maximum Gasteiger partial charge on any atom is 0.237 e. The van der Waals surface area contributed by atoms with Gasteiger partial charge in [0, 0.05) is 6.54 Å². The van der Waals surface area contributed by atoms with Crippen LogP contribution in [0.3, 0.4) is 0 Å². The number of fused-ring (bicyclic) bond motifs is 1. The van der Waals surface area contributed by atoms with Gasteiger partial charge in [-0.2, -0.15) is 0 Å². The van der Waals surface area contributed by atoms with E-state index in [9.17, 15) is 4.79 Å². The van der Waals surface area contributed by atoms with Crippen LogP contribution < -0.4 is 5.32 Å². The van der Waals surface area contributed by atoms with Crippen molar-refractivity contribution in [3.8, 4) is 0 Å². The van der Waals surface area contributed by atoms with E-state index in [-0.39, 0.29) is 5.91 Å².